The van der Waals surface area contributed by atoms with E-state index in [9.17, 15) is 4.79 Å². The molecular weight excluding hydrogens is 300 g/mol. The molecule has 0 amide bonds. The van der Waals surface area contributed by atoms with Crippen molar-refractivity contribution < 1.29 is 9.15 Å². The van der Waals surface area contributed by atoms with E-state index >= 15 is 0 Å². The first-order valence-electron chi connectivity index (χ1n) is 6.71. The number of fused-ring (bicyclic) bond motifs is 1. The molecule has 0 radical (unpaired) electrons. The van der Waals surface area contributed by atoms with Gasteiger partial charge < -0.3 is 9.15 Å². The molecule has 0 bridgehead atoms. The van der Waals surface area contributed by atoms with E-state index in [0.717, 1.165) is 5.56 Å². The second kappa shape index (κ2) is 6.08. The smallest absolute Gasteiger partial charge is 0.203 e. The van der Waals surface area contributed by atoms with E-state index in [1.54, 1.807) is 36.4 Å². The van der Waals surface area contributed by atoms with Gasteiger partial charge in [0.2, 0.25) is 5.43 Å². The molecule has 0 saturated heterocycles. The Morgan fingerprint density at radius 1 is 1.09 bits per heavy atom. The molecule has 0 atom stereocenters. The number of rotatable bonds is 3. The summed E-state index contributed by atoms with van der Waals surface area (Å²) in [6.07, 6.45) is 5.02. The lowest BCUT2D eigenvalue weighted by Gasteiger charge is -2.04. The molecule has 2 aromatic carbocycles. The van der Waals surface area contributed by atoms with Gasteiger partial charge in [-0.05, 0) is 35.9 Å². The summed E-state index contributed by atoms with van der Waals surface area (Å²) in [5.74, 6) is 0.507. The molecule has 0 N–H and O–H groups in total. The van der Waals surface area contributed by atoms with Crippen LogP contribution < -0.4 is 10.2 Å². The Morgan fingerprint density at radius 3 is 2.59 bits per heavy atom. The van der Waals surface area contributed by atoms with Crippen molar-refractivity contribution in [2.24, 2.45) is 0 Å². The first-order chi connectivity index (χ1) is 10.7. The van der Waals surface area contributed by atoms with E-state index < -0.39 is 0 Å². The van der Waals surface area contributed by atoms with E-state index in [1.807, 2.05) is 18.2 Å². The quantitative estimate of drug-likeness (QED) is 0.708. The molecule has 0 aliphatic rings. The maximum Gasteiger partial charge on any atom is 0.203 e. The lowest BCUT2D eigenvalue weighted by Crippen LogP contribution is -2.06. The highest BCUT2D eigenvalue weighted by molar-refractivity contribution is 6.30. The van der Waals surface area contributed by atoms with Crippen LogP contribution in [-0.2, 0) is 0 Å². The minimum absolute atomic E-state index is 0.121. The van der Waals surface area contributed by atoms with Crippen LogP contribution in [0, 0.1) is 0 Å². The summed E-state index contributed by atoms with van der Waals surface area (Å²) in [6, 6.07) is 12.6. The Labute approximate surface area is 132 Å². The normalized spacial score (nSPS) is 11.2. The Morgan fingerprint density at radius 2 is 1.86 bits per heavy atom. The lowest BCUT2D eigenvalue weighted by molar-refractivity contribution is 0.418. The molecule has 0 fully saturated rings. The maximum atomic E-state index is 12.6. The minimum Gasteiger partial charge on any atom is -0.496 e. The molecule has 0 spiro atoms. The summed E-state index contributed by atoms with van der Waals surface area (Å²) in [6.45, 7) is 0. The first kappa shape index (κ1) is 14.4. The lowest BCUT2D eigenvalue weighted by atomic mass is 10.1. The van der Waals surface area contributed by atoms with Gasteiger partial charge in [0, 0.05) is 5.02 Å². The van der Waals surface area contributed by atoms with Crippen molar-refractivity contribution in [1.82, 2.24) is 0 Å². The molecule has 3 nitrogen and oxygen atoms in total. The highest BCUT2D eigenvalue weighted by atomic mass is 35.5. The third-order valence-corrected chi connectivity index (χ3v) is 3.59. The fourth-order valence-corrected chi connectivity index (χ4v) is 2.33. The molecule has 110 valence electrons. The Kier molecular flexibility index (Phi) is 3.98. The fraction of sp³-hybridized carbons (Fsp3) is 0.0556. The van der Waals surface area contributed by atoms with Crippen LogP contribution in [0.2, 0.25) is 5.02 Å². The average molecular weight is 313 g/mol. The summed E-state index contributed by atoms with van der Waals surface area (Å²) < 4.78 is 10.8. The van der Waals surface area contributed by atoms with Crippen LogP contribution in [0.25, 0.3) is 23.1 Å². The van der Waals surface area contributed by atoms with Gasteiger partial charge in [-0.1, -0.05) is 35.9 Å². The predicted octanol–water partition coefficient (Wildman–Crippen LogP) is 4.63. The Bertz CT molecular complexity index is 892. The largest absolute Gasteiger partial charge is 0.496 e. The van der Waals surface area contributed by atoms with Gasteiger partial charge in [-0.15, -0.1) is 0 Å². The maximum absolute atomic E-state index is 12.6. The van der Waals surface area contributed by atoms with Gasteiger partial charge in [0.05, 0.1) is 12.7 Å². The third kappa shape index (κ3) is 2.76. The molecular formula is C18H13ClO3. The summed E-state index contributed by atoms with van der Waals surface area (Å²) >= 11 is 5.85. The van der Waals surface area contributed by atoms with Crippen LogP contribution in [-0.4, -0.2) is 7.11 Å². The second-order valence-electron chi connectivity index (χ2n) is 4.74. The van der Waals surface area contributed by atoms with Crippen molar-refractivity contribution in [3.05, 3.63) is 75.1 Å². The van der Waals surface area contributed by atoms with Gasteiger partial charge in [-0.2, -0.15) is 0 Å². The summed E-state index contributed by atoms with van der Waals surface area (Å²) in [7, 11) is 1.53. The molecule has 1 aromatic heterocycles. The predicted molar refractivity (Wildman–Crippen MR) is 89.4 cm³/mol. The van der Waals surface area contributed by atoms with Crippen LogP contribution in [0.4, 0.5) is 0 Å². The summed E-state index contributed by atoms with van der Waals surface area (Å²) in [5, 5.41) is 1.12. The van der Waals surface area contributed by atoms with Gasteiger partial charge in [0.15, 0.2) is 0 Å². The zero-order chi connectivity index (χ0) is 15.5. The number of hydrogen-bond acceptors (Lipinski definition) is 3. The van der Waals surface area contributed by atoms with Crippen molar-refractivity contribution in [3.63, 3.8) is 0 Å². The molecule has 1 heterocycles. The van der Waals surface area contributed by atoms with Gasteiger partial charge in [-0.25, -0.2) is 0 Å². The van der Waals surface area contributed by atoms with E-state index in [2.05, 4.69) is 0 Å². The molecule has 3 rings (SSSR count). The van der Waals surface area contributed by atoms with Crippen LogP contribution in [0.5, 0.6) is 5.75 Å². The molecule has 0 unspecified atom stereocenters. The van der Waals surface area contributed by atoms with Crippen molar-refractivity contribution in [3.8, 4) is 5.75 Å². The summed E-state index contributed by atoms with van der Waals surface area (Å²) in [5.41, 5.74) is 1.80. The highest BCUT2D eigenvalue weighted by Crippen LogP contribution is 2.23. The Balaban J connectivity index is 2.06. The minimum atomic E-state index is -0.121. The van der Waals surface area contributed by atoms with Gasteiger partial charge in [0.25, 0.3) is 0 Å². The molecule has 0 saturated carbocycles. The van der Waals surface area contributed by atoms with Crippen molar-refractivity contribution in [1.29, 1.82) is 0 Å². The zero-order valence-corrected chi connectivity index (χ0v) is 12.6. The average Bonchev–Trinajstić information content (AvgIpc) is 2.55. The van der Waals surface area contributed by atoms with Crippen LogP contribution in [0.1, 0.15) is 11.1 Å². The van der Waals surface area contributed by atoms with Crippen LogP contribution >= 0.6 is 11.6 Å². The second-order valence-corrected chi connectivity index (χ2v) is 5.17. The van der Waals surface area contributed by atoms with Gasteiger partial charge in [0.1, 0.15) is 23.0 Å². The van der Waals surface area contributed by atoms with Crippen LogP contribution in [0.15, 0.2) is 57.9 Å². The topological polar surface area (TPSA) is 39.4 Å². The van der Waals surface area contributed by atoms with E-state index in [-0.39, 0.29) is 5.43 Å². The molecule has 3 aromatic rings. The van der Waals surface area contributed by atoms with E-state index in [4.69, 9.17) is 20.8 Å². The van der Waals surface area contributed by atoms with Crippen molar-refractivity contribution >= 4 is 34.7 Å². The van der Waals surface area contributed by atoms with Gasteiger partial charge in [-0.3, -0.25) is 4.79 Å². The van der Waals surface area contributed by atoms with Crippen molar-refractivity contribution in [2.45, 2.75) is 0 Å². The highest BCUT2D eigenvalue weighted by Gasteiger charge is 2.09. The zero-order valence-electron chi connectivity index (χ0n) is 11.9. The summed E-state index contributed by atoms with van der Waals surface area (Å²) in [4.78, 5) is 12.6. The fourth-order valence-electron chi connectivity index (χ4n) is 2.20. The monoisotopic (exact) mass is 312 g/mol. The third-order valence-electron chi connectivity index (χ3n) is 3.34. The number of benzene rings is 2. The number of halogens is 1. The number of ether oxygens (including phenoxy) is 1. The first-order valence-corrected chi connectivity index (χ1v) is 7.09. The number of hydrogen-bond donors (Lipinski definition) is 0. The Hall–Kier alpha value is -2.52. The molecule has 0 aliphatic carbocycles. The van der Waals surface area contributed by atoms with Crippen molar-refractivity contribution in [2.75, 3.05) is 7.11 Å². The molecule has 4 heteroatoms. The van der Waals surface area contributed by atoms with Crippen LogP contribution in [0.3, 0.4) is 0 Å². The molecule has 0 aliphatic heterocycles. The number of methoxy groups -OCH3 is 1. The van der Waals surface area contributed by atoms with E-state index in [0.29, 0.717) is 27.3 Å². The molecule has 22 heavy (non-hydrogen) atoms. The van der Waals surface area contributed by atoms with E-state index in [1.165, 1.54) is 13.4 Å². The van der Waals surface area contributed by atoms with Gasteiger partial charge >= 0.3 is 0 Å². The standard InChI is InChI=1S/C18H13ClO3/c1-21-15-3-2-4-16-17(15)18(20)13(11-22-16)8-5-12-6-9-14(19)10-7-12/h2-11H,1H3. The SMILES string of the molecule is COc1cccc2occ(C=Cc3ccc(Cl)cc3)c(=O)c12.